The first-order valence-corrected chi connectivity index (χ1v) is 7.86. The van der Waals surface area contributed by atoms with Gasteiger partial charge in [-0.3, -0.25) is 0 Å². The summed E-state index contributed by atoms with van der Waals surface area (Å²) in [7, 11) is 0. The van der Waals surface area contributed by atoms with Gasteiger partial charge in [0.2, 0.25) is 0 Å². The van der Waals surface area contributed by atoms with Crippen LogP contribution >= 0.6 is 27.7 Å². The van der Waals surface area contributed by atoms with E-state index in [1.807, 2.05) is 37.3 Å². The van der Waals surface area contributed by atoms with Gasteiger partial charge in [-0.05, 0) is 58.7 Å². The molecule has 0 aliphatic carbocycles. The Balaban J connectivity index is 1.98. The maximum atomic E-state index is 5.73. The molecule has 0 radical (unpaired) electrons. The number of ether oxygens (including phenoxy) is 1. The molecule has 0 aromatic heterocycles. The molecule has 19 heavy (non-hydrogen) atoms. The van der Waals surface area contributed by atoms with E-state index in [1.54, 1.807) is 11.8 Å². The van der Waals surface area contributed by atoms with Gasteiger partial charge in [-0.2, -0.15) is 0 Å². The number of hydrogen-bond acceptors (Lipinski definition) is 3. The fourth-order valence-corrected chi connectivity index (χ4v) is 3.26. The molecule has 2 rings (SSSR count). The van der Waals surface area contributed by atoms with Crippen LogP contribution in [0, 0.1) is 0 Å². The smallest absolute Gasteiger partial charge is 0.119 e. The molecule has 2 aromatic carbocycles. The molecule has 0 unspecified atom stereocenters. The molecule has 0 spiro atoms. The number of anilines is 1. The van der Waals surface area contributed by atoms with Crippen LogP contribution in [0.15, 0.2) is 51.8 Å². The first kappa shape index (κ1) is 14.3. The molecule has 2 N–H and O–H groups in total. The van der Waals surface area contributed by atoms with E-state index >= 15 is 0 Å². The normalized spacial score (nSPS) is 10.4. The lowest BCUT2D eigenvalue weighted by molar-refractivity contribution is 0.340. The van der Waals surface area contributed by atoms with E-state index in [-0.39, 0.29) is 0 Å². The zero-order valence-electron chi connectivity index (χ0n) is 10.7. The molecule has 100 valence electrons. The maximum Gasteiger partial charge on any atom is 0.119 e. The molecule has 0 saturated heterocycles. The second kappa shape index (κ2) is 6.87. The highest BCUT2D eigenvalue weighted by molar-refractivity contribution is 9.10. The summed E-state index contributed by atoms with van der Waals surface area (Å²) in [6.07, 6.45) is 0. The van der Waals surface area contributed by atoms with Crippen LogP contribution in [-0.2, 0) is 5.75 Å². The van der Waals surface area contributed by atoms with E-state index in [4.69, 9.17) is 10.5 Å². The van der Waals surface area contributed by atoms with Crippen LogP contribution in [-0.4, -0.2) is 6.61 Å². The molecule has 0 amide bonds. The first-order chi connectivity index (χ1) is 9.19. The van der Waals surface area contributed by atoms with Gasteiger partial charge < -0.3 is 10.5 Å². The quantitative estimate of drug-likeness (QED) is 0.633. The first-order valence-electron chi connectivity index (χ1n) is 6.08. The zero-order chi connectivity index (χ0) is 13.7. The molecule has 0 aliphatic heterocycles. The van der Waals surface area contributed by atoms with E-state index in [0.717, 1.165) is 21.7 Å². The molecule has 0 atom stereocenters. The van der Waals surface area contributed by atoms with Crippen molar-refractivity contribution in [3.05, 3.63) is 52.5 Å². The number of hydrogen-bond donors (Lipinski definition) is 1. The Morgan fingerprint density at radius 3 is 2.53 bits per heavy atom. The summed E-state index contributed by atoms with van der Waals surface area (Å²) in [6, 6.07) is 14.1. The Hall–Kier alpha value is -1.13. The van der Waals surface area contributed by atoms with E-state index in [2.05, 4.69) is 28.1 Å². The molecular formula is C15H16BrNOS. The largest absolute Gasteiger partial charge is 0.494 e. The number of rotatable bonds is 5. The van der Waals surface area contributed by atoms with Gasteiger partial charge in [-0.15, -0.1) is 11.8 Å². The summed E-state index contributed by atoms with van der Waals surface area (Å²) in [6.45, 7) is 2.69. The van der Waals surface area contributed by atoms with Gasteiger partial charge >= 0.3 is 0 Å². The van der Waals surface area contributed by atoms with Gasteiger partial charge in [0.15, 0.2) is 0 Å². The standard InChI is InChI=1S/C15H16BrNOS/c1-2-18-13-6-3-11(4-7-13)10-19-15-8-5-12(17)9-14(15)16/h3-9H,2,10,17H2,1H3. The molecule has 2 nitrogen and oxygen atoms in total. The summed E-state index contributed by atoms with van der Waals surface area (Å²) in [5, 5.41) is 0. The second-order valence-corrected chi connectivity index (χ2v) is 5.93. The summed E-state index contributed by atoms with van der Waals surface area (Å²) < 4.78 is 6.47. The average molecular weight is 338 g/mol. The van der Waals surface area contributed by atoms with Crippen LogP contribution in [0.2, 0.25) is 0 Å². The summed E-state index contributed by atoms with van der Waals surface area (Å²) in [5.74, 6) is 1.85. The van der Waals surface area contributed by atoms with Crippen LogP contribution in [0.5, 0.6) is 5.75 Å². The van der Waals surface area contributed by atoms with Crippen LogP contribution < -0.4 is 10.5 Å². The summed E-state index contributed by atoms with van der Waals surface area (Å²) in [4.78, 5) is 1.20. The van der Waals surface area contributed by atoms with Gasteiger partial charge in [0.05, 0.1) is 6.61 Å². The Morgan fingerprint density at radius 2 is 1.89 bits per heavy atom. The average Bonchev–Trinajstić information content (AvgIpc) is 2.40. The van der Waals surface area contributed by atoms with Crippen molar-refractivity contribution in [3.63, 3.8) is 0 Å². The van der Waals surface area contributed by atoms with Crippen LogP contribution in [0.4, 0.5) is 5.69 Å². The lowest BCUT2D eigenvalue weighted by Crippen LogP contribution is -1.91. The summed E-state index contributed by atoms with van der Waals surface area (Å²) in [5.41, 5.74) is 7.78. The van der Waals surface area contributed by atoms with Gasteiger partial charge in [0, 0.05) is 20.8 Å². The highest BCUT2D eigenvalue weighted by atomic mass is 79.9. The van der Waals surface area contributed by atoms with Crippen molar-refractivity contribution in [3.8, 4) is 5.75 Å². The lowest BCUT2D eigenvalue weighted by Gasteiger charge is -2.07. The zero-order valence-corrected chi connectivity index (χ0v) is 13.1. The molecule has 0 fully saturated rings. The molecule has 4 heteroatoms. The van der Waals surface area contributed by atoms with E-state index < -0.39 is 0 Å². The SMILES string of the molecule is CCOc1ccc(CSc2ccc(N)cc2Br)cc1. The van der Waals surface area contributed by atoms with Crippen molar-refractivity contribution in [1.82, 2.24) is 0 Å². The Bertz CT molecular complexity index is 542. The van der Waals surface area contributed by atoms with Gasteiger partial charge in [0.1, 0.15) is 5.75 Å². The van der Waals surface area contributed by atoms with E-state index in [1.165, 1.54) is 10.5 Å². The Labute approximate surface area is 126 Å². The Morgan fingerprint density at radius 1 is 1.16 bits per heavy atom. The van der Waals surface area contributed by atoms with Crippen molar-refractivity contribution in [2.45, 2.75) is 17.6 Å². The maximum absolute atomic E-state index is 5.73. The molecule has 2 aromatic rings. The number of nitrogens with two attached hydrogens (primary N) is 1. The van der Waals surface area contributed by atoms with Crippen molar-refractivity contribution in [1.29, 1.82) is 0 Å². The minimum atomic E-state index is 0.701. The van der Waals surface area contributed by atoms with Gasteiger partial charge in [-0.25, -0.2) is 0 Å². The van der Waals surface area contributed by atoms with E-state index in [9.17, 15) is 0 Å². The van der Waals surface area contributed by atoms with Crippen molar-refractivity contribution in [2.75, 3.05) is 12.3 Å². The minimum absolute atomic E-state index is 0.701. The monoisotopic (exact) mass is 337 g/mol. The van der Waals surface area contributed by atoms with Crippen LogP contribution in [0.1, 0.15) is 12.5 Å². The fraction of sp³-hybridized carbons (Fsp3) is 0.200. The Kier molecular flexibility index (Phi) is 5.16. The third-order valence-electron chi connectivity index (χ3n) is 2.58. The fourth-order valence-electron chi connectivity index (χ4n) is 1.64. The number of benzene rings is 2. The molecule has 0 aliphatic rings. The van der Waals surface area contributed by atoms with Crippen LogP contribution in [0.25, 0.3) is 0 Å². The lowest BCUT2D eigenvalue weighted by atomic mass is 10.2. The van der Waals surface area contributed by atoms with Crippen molar-refractivity contribution in [2.24, 2.45) is 0 Å². The molecule has 0 heterocycles. The highest BCUT2D eigenvalue weighted by Crippen LogP contribution is 2.31. The number of halogens is 1. The third-order valence-corrected chi connectivity index (χ3v) is 4.65. The highest BCUT2D eigenvalue weighted by Gasteiger charge is 2.02. The minimum Gasteiger partial charge on any atom is -0.494 e. The van der Waals surface area contributed by atoms with Crippen LogP contribution in [0.3, 0.4) is 0 Å². The predicted octanol–water partition coefficient (Wildman–Crippen LogP) is 4.72. The van der Waals surface area contributed by atoms with E-state index in [0.29, 0.717) is 6.61 Å². The molecule has 0 bridgehead atoms. The summed E-state index contributed by atoms with van der Waals surface area (Å²) >= 11 is 5.32. The number of nitrogen functional groups attached to an aromatic ring is 1. The van der Waals surface area contributed by atoms with Gasteiger partial charge in [-0.1, -0.05) is 12.1 Å². The van der Waals surface area contributed by atoms with Crippen molar-refractivity contribution < 1.29 is 4.74 Å². The third kappa shape index (κ3) is 4.18. The van der Waals surface area contributed by atoms with Gasteiger partial charge in [0.25, 0.3) is 0 Å². The topological polar surface area (TPSA) is 35.2 Å². The predicted molar refractivity (Wildman–Crippen MR) is 85.7 cm³/mol. The molecular weight excluding hydrogens is 322 g/mol. The van der Waals surface area contributed by atoms with Crippen molar-refractivity contribution >= 4 is 33.4 Å². The number of thioether (sulfide) groups is 1. The molecule has 0 saturated carbocycles. The second-order valence-electron chi connectivity index (χ2n) is 4.06.